The quantitative estimate of drug-likeness (QED) is 0.826. The Balaban J connectivity index is 0.00000128. The third-order valence-corrected chi connectivity index (χ3v) is 3.02. The highest BCUT2D eigenvalue weighted by Crippen LogP contribution is 2.35. The van der Waals surface area contributed by atoms with E-state index in [-0.39, 0.29) is 23.4 Å². The predicted octanol–water partition coefficient (Wildman–Crippen LogP) is 2.52. The van der Waals surface area contributed by atoms with Crippen LogP contribution in [0.3, 0.4) is 0 Å². The fraction of sp³-hybridized carbons (Fsp3) is 0.818. The van der Waals surface area contributed by atoms with Crippen LogP contribution in [-0.4, -0.2) is 10.1 Å². The fourth-order valence-electron chi connectivity index (χ4n) is 1.95. The van der Waals surface area contributed by atoms with Crippen molar-refractivity contribution in [3.05, 3.63) is 11.7 Å². The summed E-state index contributed by atoms with van der Waals surface area (Å²) in [6, 6.07) is 0. The molecule has 0 aliphatic heterocycles. The van der Waals surface area contributed by atoms with Gasteiger partial charge in [-0.2, -0.15) is 4.98 Å². The van der Waals surface area contributed by atoms with Crippen LogP contribution >= 0.6 is 12.4 Å². The molecule has 92 valence electrons. The number of nitrogens with two attached hydrogens (primary N) is 1. The highest BCUT2D eigenvalue weighted by atomic mass is 35.5. The van der Waals surface area contributed by atoms with Crippen molar-refractivity contribution in [2.45, 2.75) is 57.4 Å². The molecule has 16 heavy (non-hydrogen) atoms. The van der Waals surface area contributed by atoms with E-state index < -0.39 is 0 Å². The third kappa shape index (κ3) is 2.38. The molecule has 1 aromatic heterocycles. The summed E-state index contributed by atoms with van der Waals surface area (Å²) in [5.41, 5.74) is 5.80. The van der Waals surface area contributed by atoms with Gasteiger partial charge in [-0.15, -0.1) is 12.4 Å². The molecule has 4 nitrogen and oxygen atoms in total. The molecule has 0 saturated heterocycles. The predicted molar refractivity (Wildman–Crippen MR) is 64.6 cm³/mol. The van der Waals surface area contributed by atoms with Gasteiger partial charge in [-0.1, -0.05) is 38.8 Å². The normalized spacial score (nSPS) is 19.5. The minimum Gasteiger partial charge on any atom is -0.337 e. The first-order valence-corrected chi connectivity index (χ1v) is 5.55. The lowest BCUT2D eigenvalue weighted by molar-refractivity contribution is 0.282. The maximum Gasteiger partial charge on any atom is 0.246 e. The van der Waals surface area contributed by atoms with Crippen molar-refractivity contribution in [1.82, 2.24) is 10.1 Å². The third-order valence-electron chi connectivity index (χ3n) is 3.02. The van der Waals surface area contributed by atoms with E-state index in [0.29, 0.717) is 5.89 Å². The van der Waals surface area contributed by atoms with Crippen LogP contribution in [0.4, 0.5) is 0 Å². The SMILES string of the molecule is CC(C)(C)c1noc(C2(N)CCCC2)n1.Cl. The Labute approximate surface area is 102 Å². The maximum atomic E-state index is 6.24. The Hall–Kier alpha value is -0.610. The van der Waals surface area contributed by atoms with Crippen LogP contribution in [-0.2, 0) is 11.0 Å². The maximum absolute atomic E-state index is 6.24. The second-order valence-corrected chi connectivity index (χ2v) is 5.54. The Bertz CT molecular complexity index is 350. The average Bonchev–Trinajstić information content (AvgIpc) is 2.69. The van der Waals surface area contributed by atoms with Crippen LogP contribution in [0.15, 0.2) is 4.52 Å². The van der Waals surface area contributed by atoms with Gasteiger partial charge in [-0.25, -0.2) is 0 Å². The smallest absolute Gasteiger partial charge is 0.246 e. The first kappa shape index (κ1) is 13.5. The van der Waals surface area contributed by atoms with Gasteiger partial charge in [-0.05, 0) is 12.8 Å². The largest absolute Gasteiger partial charge is 0.337 e. The van der Waals surface area contributed by atoms with Gasteiger partial charge in [0.2, 0.25) is 5.89 Å². The van der Waals surface area contributed by atoms with Crippen LogP contribution < -0.4 is 5.73 Å². The van der Waals surface area contributed by atoms with Crippen molar-refractivity contribution < 1.29 is 4.52 Å². The van der Waals surface area contributed by atoms with E-state index in [2.05, 4.69) is 30.9 Å². The van der Waals surface area contributed by atoms with Crippen molar-refractivity contribution >= 4 is 12.4 Å². The Morgan fingerprint density at radius 2 is 1.81 bits per heavy atom. The van der Waals surface area contributed by atoms with E-state index in [0.717, 1.165) is 31.5 Å². The molecule has 1 saturated carbocycles. The number of nitrogens with zero attached hydrogens (tertiary/aromatic N) is 2. The van der Waals surface area contributed by atoms with Gasteiger partial charge in [0.05, 0.1) is 5.54 Å². The van der Waals surface area contributed by atoms with E-state index in [9.17, 15) is 0 Å². The molecule has 1 aliphatic carbocycles. The van der Waals surface area contributed by atoms with E-state index >= 15 is 0 Å². The summed E-state index contributed by atoms with van der Waals surface area (Å²) < 4.78 is 5.29. The molecular formula is C11H20ClN3O. The van der Waals surface area contributed by atoms with Crippen molar-refractivity contribution in [3.8, 4) is 0 Å². The molecule has 1 aromatic rings. The van der Waals surface area contributed by atoms with E-state index in [1.807, 2.05) is 0 Å². The highest BCUT2D eigenvalue weighted by Gasteiger charge is 2.37. The summed E-state index contributed by atoms with van der Waals surface area (Å²) >= 11 is 0. The summed E-state index contributed by atoms with van der Waals surface area (Å²) in [4.78, 5) is 4.43. The van der Waals surface area contributed by atoms with E-state index in [4.69, 9.17) is 10.3 Å². The zero-order chi connectivity index (χ0) is 11.1. The molecule has 1 heterocycles. The lowest BCUT2D eigenvalue weighted by Gasteiger charge is -2.17. The zero-order valence-electron chi connectivity index (χ0n) is 10.1. The van der Waals surface area contributed by atoms with Crippen molar-refractivity contribution in [1.29, 1.82) is 0 Å². The van der Waals surface area contributed by atoms with Gasteiger partial charge < -0.3 is 10.3 Å². The van der Waals surface area contributed by atoms with Gasteiger partial charge in [-0.3, -0.25) is 0 Å². The molecule has 1 fully saturated rings. The van der Waals surface area contributed by atoms with Crippen LogP contribution in [0.2, 0.25) is 0 Å². The summed E-state index contributed by atoms with van der Waals surface area (Å²) in [6.07, 6.45) is 4.23. The molecule has 5 heteroatoms. The van der Waals surface area contributed by atoms with Crippen LogP contribution in [0.5, 0.6) is 0 Å². The Kier molecular flexibility index (Phi) is 3.65. The molecule has 2 rings (SSSR count). The first-order valence-electron chi connectivity index (χ1n) is 5.55. The number of hydrogen-bond donors (Lipinski definition) is 1. The average molecular weight is 246 g/mol. The molecule has 0 amide bonds. The second-order valence-electron chi connectivity index (χ2n) is 5.54. The summed E-state index contributed by atoms with van der Waals surface area (Å²) in [5.74, 6) is 1.36. The molecule has 0 unspecified atom stereocenters. The van der Waals surface area contributed by atoms with E-state index in [1.165, 1.54) is 0 Å². The first-order chi connectivity index (χ1) is 6.92. The van der Waals surface area contributed by atoms with Crippen molar-refractivity contribution in [3.63, 3.8) is 0 Å². The monoisotopic (exact) mass is 245 g/mol. The zero-order valence-corrected chi connectivity index (χ0v) is 10.9. The topological polar surface area (TPSA) is 64.9 Å². The van der Waals surface area contributed by atoms with Gasteiger partial charge >= 0.3 is 0 Å². The van der Waals surface area contributed by atoms with Crippen molar-refractivity contribution in [2.75, 3.05) is 0 Å². The standard InChI is InChI=1S/C11H19N3O.ClH/c1-10(2,3)8-13-9(15-14-8)11(12)6-4-5-7-11;/h4-7,12H2,1-3H3;1H. The second kappa shape index (κ2) is 4.34. The summed E-state index contributed by atoms with van der Waals surface area (Å²) in [5, 5.41) is 4.01. The van der Waals surface area contributed by atoms with Crippen molar-refractivity contribution in [2.24, 2.45) is 5.73 Å². The molecule has 1 aliphatic rings. The van der Waals surface area contributed by atoms with Gasteiger partial charge in [0, 0.05) is 5.41 Å². The molecule has 0 radical (unpaired) electrons. The van der Waals surface area contributed by atoms with Gasteiger partial charge in [0.1, 0.15) is 0 Å². The number of hydrogen-bond acceptors (Lipinski definition) is 4. The number of rotatable bonds is 1. The lowest BCUT2D eigenvalue weighted by atomic mass is 9.95. The molecule has 2 N–H and O–H groups in total. The van der Waals surface area contributed by atoms with Crippen LogP contribution in [0, 0.1) is 0 Å². The van der Waals surface area contributed by atoms with Gasteiger partial charge in [0.25, 0.3) is 0 Å². The molecule has 0 spiro atoms. The minimum atomic E-state index is -0.365. The lowest BCUT2D eigenvalue weighted by Crippen LogP contribution is -2.33. The molecule has 0 aromatic carbocycles. The van der Waals surface area contributed by atoms with Gasteiger partial charge in [0.15, 0.2) is 5.82 Å². The van der Waals surface area contributed by atoms with Crippen LogP contribution in [0.25, 0.3) is 0 Å². The van der Waals surface area contributed by atoms with Crippen LogP contribution in [0.1, 0.15) is 58.2 Å². The number of aromatic nitrogens is 2. The van der Waals surface area contributed by atoms with E-state index in [1.54, 1.807) is 0 Å². The molecule has 0 atom stereocenters. The molecular weight excluding hydrogens is 226 g/mol. The Morgan fingerprint density at radius 1 is 1.25 bits per heavy atom. The minimum absolute atomic E-state index is 0. The number of halogens is 1. The summed E-state index contributed by atoms with van der Waals surface area (Å²) in [7, 11) is 0. The fourth-order valence-corrected chi connectivity index (χ4v) is 1.95. The molecule has 0 bridgehead atoms. The Morgan fingerprint density at radius 3 is 2.25 bits per heavy atom. The summed E-state index contributed by atoms with van der Waals surface area (Å²) in [6.45, 7) is 6.21. The highest BCUT2D eigenvalue weighted by molar-refractivity contribution is 5.85.